The number of amides is 1. The third-order valence-electron chi connectivity index (χ3n) is 6.82. The number of rotatable bonds is 4. The van der Waals surface area contributed by atoms with Crippen LogP contribution in [0.5, 0.6) is 0 Å². The highest BCUT2D eigenvalue weighted by Crippen LogP contribution is 2.39. The fourth-order valence-corrected chi connectivity index (χ4v) is 7.48. The lowest BCUT2D eigenvalue weighted by atomic mass is 9.83. The third kappa shape index (κ3) is 4.58. The number of thiocarbonyl (C=S) groups is 1. The molecule has 6 rings (SSSR count). The van der Waals surface area contributed by atoms with Crippen LogP contribution in [0.15, 0.2) is 77.6 Å². The molecule has 0 unspecified atom stereocenters. The number of hydrogen-bond donors (Lipinski definition) is 1. The summed E-state index contributed by atoms with van der Waals surface area (Å²) in [4.78, 5) is 32.7. The number of anilines is 1. The Labute approximate surface area is 222 Å². The number of fused-ring (bicyclic) bond motifs is 5. The lowest BCUT2D eigenvalue weighted by molar-refractivity contribution is -0.115. The number of pyridine rings is 1. The van der Waals surface area contributed by atoms with Gasteiger partial charge in [0.25, 0.3) is 5.56 Å². The first kappa shape index (κ1) is 23.4. The first-order chi connectivity index (χ1) is 17.5. The van der Waals surface area contributed by atoms with E-state index in [1.54, 1.807) is 6.07 Å². The molecule has 0 spiro atoms. The molecule has 9 heteroatoms. The van der Waals surface area contributed by atoms with E-state index >= 15 is 0 Å². The summed E-state index contributed by atoms with van der Waals surface area (Å²) < 4.78 is 3.67. The lowest BCUT2D eigenvalue weighted by Gasteiger charge is -2.43. The summed E-state index contributed by atoms with van der Waals surface area (Å²) in [6.45, 7) is 2.27. The number of carbonyl (C=O) groups excluding carboxylic acids is 1. The van der Waals surface area contributed by atoms with Crippen LogP contribution in [-0.2, 0) is 11.3 Å². The molecule has 6 nitrogen and oxygen atoms in total. The normalized spacial score (nSPS) is 19.5. The van der Waals surface area contributed by atoms with Crippen LogP contribution in [-0.4, -0.2) is 37.8 Å². The van der Waals surface area contributed by atoms with Crippen molar-refractivity contribution in [3.63, 3.8) is 0 Å². The zero-order valence-corrected chi connectivity index (χ0v) is 21.8. The van der Waals surface area contributed by atoms with Gasteiger partial charge in [-0.2, -0.15) is 0 Å². The highest BCUT2D eigenvalue weighted by atomic mass is 32.2. The number of nitrogens with zero attached hydrogens (tertiary/aromatic N) is 3. The minimum Gasteiger partial charge on any atom is -0.356 e. The van der Waals surface area contributed by atoms with Crippen molar-refractivity contribution in [1.82, 2.24) is 14.5 Å². The van der Waals surface area contributed by atoms with E-state index in [1.807, 2.05) is 65.2 Å². The van der Waals surface area contributed by atoms with Gasteiger partial charge in [0.1, 0.15) is 9.57 Å². The van der Waals surface area contributed by atoms with Crippen molar-refractivity contribution >= 4 is 60.9 Å². The molecule has 2 aromatic heterocycles. The molecule has 0 radical (unpaired) electrons. The summed E-state index contributed by atoms with van der Waals surface area (Å²) >= 11 is 8.80. The number of carbonyl (C=O) groups is 1. The Hall–Kier alpha value is -3.01. The Kier molecular flexibility index (Phi) is 6.37. The molecule has 1 fully saturated rings. The summed E-state index contributed by atoms with van der Waals surface area (Å²) in [5.41, 5.74) is 2.93. The van der Waals surface area contributed by atoms with Crippen molar-refractivity contribution in [2.75, 3.05) is 18.4 Å². The van der Waals surface area contributed by atoms with Crippen molar-refractivity contribution < 1.29 is 4.79 Å². The van der Waals surface area contributed by atoms with E-state index in [4.69, 9.17) is 12.2 Å². The second kappa shape index (κ2) is 9.80. The molecule has 182 valence electrons. The van der Waals surface area contributed by atoms with Crippen LogP contribution >= 0.6 is 35.3 Å². The van der Waals surface area contributed by atoms with Gasteiger partial charge in [-0.05, 0) is 36.1 Å². The molecule has 4 heterocycles. The number of likely N-dealkylation sites (tertiary alicyclic amines) is 1. The molecule has 1 amide bonds. The van der Waals surface area contributed by atoms with Gasteiger partial charge in [0.15, 0.2) is 5.13 Å². The van der Waals surface area contributed by atoms with E-state index < -0.39 is 5.25 Å². The molecule has 0 aliphatic carbocycles. The molecule has 36 heavy (non-hydrogen) atoms. The Balaban J connectivity index is 1.22. The van der Waals surface area contributed by atoms with Crippen molar-refractivity contribution in [2.45, 2.75) is 24.1 Å². The van der Waals surface area contributed by atoms with Gasteiger partial charge in [-0.3, -0.25) is 9.59 Å². The zero-order valence-electron chi connectivity index (χ0n) is 19.4. The molecule has 3 atom stereocenters. The van der Waals surface area contributed by atoms with E-state index in [9.17, 15) is 9.59 Å². The average molecular weight is 533 g/mol. The number of piperidine rings is 1. The molecular formula is C27H24N4O2S3. The number of benzene rings is 2. The summed E-state index contributed by atoms with van der Waals surface area (Å²) in [5.74, 6) is 0.486. The fraction of sp³-hybridized carbons (Fsp3) is 0.259. The zero-order chi connectivity index (χ0) is 24.6. The average Bonchev–Trinajstić information content (AvgIpc) is 3.30. The Morgan fingerprint density at radius 3 is 2.67 bits per heavy atom. The Morgan fingerprint density at radius 2 is 1.83 bits per heavy atom. The van der Waals surface area contributed by atoms with Crippen LogP contribution in [0.1, 0.15) is 28.8 Å². The second-order valence-corrected chi connectivity index (χ2v) is 12.0. The summed E-state index contributed by atoms with van der Waals surface area (Å²) in [6, 6.07) is 23.1. The second-order valence-electron chi connectivity index (χ2n) is 9.25. The van der Waals surface area contributed by atoms with Crippen molar-refractivity contribution in [3.05, 3.63) is 94.4 Å². The van der Waals surface area contributed by atoms with Gasteiger partial charge in [-0.25, -0.2) is 4.98 Å². The molecule has 2 aliphatic heterocycles. The van der Waals surface area contributed by atoms with Crippen LogP contribution in [0.3, 0.4) is 0 Å². The number of thioether (sulfide) groups is 1. The molecule has 2 aromatic carbocycles. The number of aromatic nitrogens is 2. The van der Waals surface area contributed by atoms with E-state index in [0.717, 1.165) is 47.5 Å². The predicted molar refractivity (Wildman–Crippen MR) is 151 cm³/mol. The third-order valence-corrected chi connectivity index (χ3v) is 9.50. The molecule has 1 N–H and O–H groups in total. The van der Waals surface area contributed by atoms with Gasteiger partial charge in [-0.1, -0.05) is 83.8 Å². The van der Waals surface area contributed by atoms with E-state index in [1.165, 1.54) is 23.1 Å². The van der Waals surface area contributed by atoms with E-state index in [-0.39, 0.29) is 17.4 Å². The highest BCUT2D eigenvalue weighted by Gasteiger charge is 2.36. The Bertz CT molecular complexity index is 1470. The number of nitrogens with one attached hydrogen (secondary N) is 1. The van der Waals surface area contributed by atoms with E-state index in [0.29, 0.717) is 15.4 Å². The predicted octanol–water partition coefficient (Wildman–Crippen LogP) is 5.28. The van der Waals surface area contributed by atoms with Gasteiger partial charge in [-0.15, -0.1) is 0 Å². The van der Waals surface area contributed by atoms with Gasteiger partial charge in [0.2, 0.25) is 5.91 Å². The van der Waals surface area contributed by atoms with E-state index in [2.05, 4.69) is 21.3 Å². The monoisotopic (exact) mass is 532 g/mol. The molecular weight excluding hydrogens is 509 g/mol. The van der Waals surface area contributed by atoms with Crippen molar-refractivity contribution in [3.8, 4) is 0 Å². The minimum atomic E-state index is -0.498. The van der Waals surface area contributed by atoms with Gasteiger partial charge >= 0.3 is 0 Å². The maximum atomic E-state index is 13.5. The van der Waals surface area contributed by atoms with Gasteiger partial charge in [0, 0.05) is 37.3 Å². The van der Waals surface area contributed by atoms with Gasteiger partial charge in [0.05, 0.1) is 10.2 Å². The highest BCUT2D eigenvalue weighted by molar-refractivity contribution is 8.23. The maximum Gasteiger partial charge on any atom is 0.250 e. The van der Waals surface area contributed by atoms with Crippen molar-refractivity contribution in [1.29, 1.82) is 0 Å². The molecule has 2 bridgehead atoms. The molecule has 1 saturated heterocycles. The quantitative estimate of drug-likeness (QED) is 0.361. The van der Waals surface area contributed by atoms with Crippen LogP contribution < -0.4 is 10.9 Å². The standard InChI is InChI=1S/C27H24N4O2S3/c32-23-12-6-10-21-19-13-17(15-31(21)23)14-30(16-19)27(34)36-24(18-7-2-1-3-8-18)25(33)29-26-28-20-9-4-5-11-22(20)35-26/h1-12,17,19,24H,13-16H2,(H,28,29,33)/t17-,19+,24+/m1/s1. The topological polar surface area (TPSA) is 67.2 Å². The number of hydrogen-bond acceptors (Lipinski definition) is 6. The smallest absolute Gasteiger partial charge is 0.250 e. The fourth-order valence-electron chi connectivity index (χ4n) is 5.22. The molecule has 2 aliphatic rings. The largest absolute Gasteiger partial charge is 0.356 e. The lowest BCUT2D eigenvalue weighted by Crippen LogP contribution is -2.48. The van der Waals surface area contributed by atoms with Crippen LogP contribution in [0.2, 0.25) is 0 Å². The van der Waals surface area contributed by atoms with Gasteiger partial charge < -0.3 is 14.8 Å². The maximum absolute atomic E-state index is 13.5. The summed E-state index contributed by atoms with van der Waals surface area (Å²) in [6.07, 6.45) is 1.06. The first-order valence-electron chi connectivity index (χ1n) is 11.9. The summed E-state index contributed by atoms with van der Waals surface area (Å²) in [7, 11) is 0. The molecule has 4 aromatic rings. The van der Waals surface area contributed by atoms with Crippen LogP contribution in [0.4, 0.5) is 5.13 Å². The summed E-state index contributed by atoms with van der Waals surface area (Å²) in [5, 5.41) is 3.12. The van der Waals surface area contributed by atoms with Crippen LogP contribution in [0.25, 0.3) is 10.2 Å². The number of para-hydroxylation sites is 1. The van der Waals surface area contributed by atoms with Crippen molar-refractivity contribution in [2.24, 2.45) is 5.92 Å². The van der Waals surface area contributed by atoms with Crippen LogP contribution in [0, 0.1) is 5.92 Å². The Morgan fingerprint density at radius 1 is 1.03 bits per heavy atom. The molecule has 0 saturated carbocycles. The first-order valence-corrected chi connectivity index (χ1v) is 14.0. The SMILES string of the molecule is O=C(Nc1nc2ccccc2s1)[C@@H](SC(=S)N1C[C@H]2C[C@@H](C1)c1cccc(=O)n1C2)c1ccccc1. The number of thiazole rings is 1. The minimum absolute atomic E-state index is 0.0725.